The van der Waals surface area contributed by atoms with E-state index in [1.165, 1.54) is 7.11 Å². The first-order chi connectivity index (χ1) is 7.08. The van der Waals surface area contributed by atoms with Crippen LogP contribution in [0.1, 0.15) is 11.1 Å². The molecule has 1 aromatic carbocycles. The lowest BCUT2D eigenvalue weighted by molar-refractivity contribution is -0.139. The monoisotopic (exact) mass is 310 g/mol. The number of methoxy groups -OCH3 is 1. The summed E-state index contributed by atoms with van der Waals surface area (Å²) in [7, 11) is 1.35. The Balaban J connectivity index is 3.05. The Morgan fingerprint density at radius 2 is 2.20 bits per heavy atom. The molecule has 0 aliphatic heterocycles. The molecular weight excluding hydrogens is 303 g/mol. The quantitative estimate of drug-likeness (QED) is 0.630. The smallest absolute Gasteiger partial charge is 0.310 e. The first kappa shape index (κ1) is 12.8. The van der Waals surface area contributed by atoms with Crippen LogP contribution in [-0.4, -0.2) is 13.1 Å². The van der Waals surface area contributed by atoms with Crippen LogP contribution in [-0.2, 0) is 21.8 Å². The fraction of sp³-hybridized carbons (Fsp3) is 0.300. The Bertz CT molecular complexity index is 380. The highest BCUT2D eigenvalue weighted by molar-refractivity contribution is 9.10. The second kappa shape index (κ2) is 5.73. The summed E-state index contributed by atoms with van der Waals surface area (Å²) in [6.45, 7) is 0. The fourth-order valence-corrected chi connectivity index (χ4v) is 1.93. The molecule has 0 aliphatic carbocycles. The van der Waals surface area contributed by atoms with Crippen LogP contribution in [0, 0.1) is 0 Å². The van der Waals surface area contributed by atoms with Crippen molar-refractivity contribution in [2.24, 2.45) is 0 Å². The molecule has 2 nitrogen and oxygen atoms in total. The molecule has 0 N–H and O–H groups in total. The Hall–Kier alpha value is -0.250. The maximum atomic E-state index is 11.1. The van der Waals surface area contributed by atoms with Crippen molar-refractivity contribution < 1.29 is 9.53 Å². The number of carbonyl (C=O) groups is 1. The summed E-state index contributed by atoms with van der Waals surface area (Å²) in [5, 5.41) is 0.548. The molecule has 0 fully saturated rings. The lowest BCUT2D eigenvalue weighted by Crippen LogP contribution is -2.05. The van der Waals surface area contributed by atoms with Crippen LogP contribution in [0.3, 0.4) is 0 Å². The molecule has 1 aromatic rings. The Morgan fingerprint density at radius 1 is 1.53 bits per heavy atom. The minimum absolute atomic E-state index is 0.182. The van der Waals surface area contributed by atoms with Gasteiger partial charge in [0.2, 0.25) is 0 Å². The molecule has 0 atom stereocenters. The van der Waals surface area contributed by atoms with Gasteiger partial charge in [-0.1, -0.05) is 17.7 Å². The molecule has 0 heterocycles. The zero-order valence-corrected chi connectivity index (χ0v) is 11.1. The Labute approximate surface area is 107 Å². The molecule has 0 unspecified atom stereocenters. The van der Waals surface area contributed by atoms with Gasteiger partial charge in [-0.05, 0) is 33.1 Å². The number of hydrogen-bond acceptors (Lipinski definition) is 2. The van der Waals surface area contributed by atoms with Gasteiger partial charge in [-0.3, -0.25) is 4.79 Å². The van der Waals surface area contributed by atoms with Crippen molar-refractivity contribution in [2.45, 2.75) is 12.3 Å². The average molecular weight is 312 g/mol. The van der Waals surface area contributed by atoms with Crippen molar-refractivity contribution >= 4 is 45.1 Å². The zero-order chi connectivity index (χ0) is 11.4. The first-order valence-corrected chi connectivity index (χ1v) is 5.88. The molecule has 0 spiro atoms. The minimum Gasteiger partial charge on any atom is -0.469 e. The Morgan fingerprint density at radius 3 is 2.73 bits per heavy atom. The van der Waals surface area contributed by atoms with Crippen LogP contribution in [0.15, 0.2) is 16.6 Å². The molecule has 0 aliphatic rings. The first-order valence-electron chi connectivity index (χ1n) is 4.18. The summed E-state index contributed by atoms with van der Waals surface area (Å²) < 4.78 is 5.30. The van der Waals surface area contributed by atoms with E-state index in [2.05, 4.69) is 20.7 Å². The SMILES string of the molecule is COC(=O)Cc1cc(CCl)cc(Cl)c1Br. The standard InChI is InChI=1S/C10H9BrCl2O2/c1-15-9(14)4-7-2-6(5-12)3-8(13)10(7)11/h2-3H,4-5H2,1H3. The summed E-state index contributed by atoms with van der Waals surface area (Å²) in [5.74, 6) is 0.0553. The van der Waals surface area contributed by atoms with Gasteiger partial charge in [0.1, 0.15) is 0 Å². The highest BCUT2D eigenvalue weighted by Gasteiger charge is 2.11. The van der Waals surface area contributed by atoms with Crippen molar-refractivity contribution in [3.05, 3.63) is 32.8 Å². The van der Waals surface area contributed by atoms with E-state index in [4.69, 9.17) is 23.2 Å². The van der Waals surface area contributed by atoms with Crippen LogP contribution < -0.4 is 0 Å². The normalized spacial score (nSPS) is 10.1. The van der Waals surface area contributed by atoms with Crippen LogP contribution in [0.5, 0.6) is 0 Å². The van der Waals surface area contributed by atoms with Crippen molar-refractivity contribution in [1.82, 2.24) is 0 Å². The predicted molar refractivity (Wildman–Crippen MR) is 64.4 cm³/mol. The predicted octanol–water partition coefficient (Wildman–Crippen LogP) is 3.56. The molecule has 0 radical (unpaired) electrons. The van der Waals surface area contributed by atoms with E-state index < -0.39 is 0 Å². The zero-order valence-electron chi connectivity index (χ0n) is 8.02. The third kappa shape index (κ3) is 3.37. The number of esters is 1. The van der Waals surface area contributed by atoms with Crippen LogP contribution in [0.2, 0.25) is 5.02 Å². The molecule has 0 aromatic heterocycles. The number of alkyl halides is 1. The van der Waals surface area contributed by atoms with Gasteiger partial charge in [0.05, 0.1) is 18.6 Å². The van der Waals surface area contributed by atoms with E-state index in [1.54, 1.807) is 6.07 Å². The highest BCUT2D eigenvalue weighted by atomic mass is 79.9. The number of ether oxygens (including phenoxy) is 1. The molecule has 1 rings (SSSR count). The van der Waals surface area contributed by atoms with Gasteiger partial charge in [0.25, 0.3) is 0 Å². The highest BCUT2D eigenvalue weighted by Crippen LogP contribution is 2.29. The molecule has 5 heteroatoms. The second-order valence-corrected chi connectivity index (χ2v) is 4.40. The van der Waals surface area contributed by atoms with Gasteiger partial charge in [-0.2, -0.15) is 0 Å². The molecule has 0 bridgehead atoms. The third-order valence-electron chi connectivity index (χ3n) is 1.88. The number of hydrogen-bond donors (Lipinski definition) is 0. The summed E-state index contributed by atoms with van der Waals surface area (Å²) in [4.78, 5) is 11.1. The molecule has 0 amide bonds. The van der Waals surface area contributed by atoms with E-state index in [0.29, 0.717) is 15.4 Å². The maximum Gasteiger partial charge on any atom is 0.310 e. The number of rotatable bonds is 3. The van der Waals surface area contributed by atoms with Crippen LogP contribution in [0.25, 0.3) is 0 Å². The third-order valence-corrected chi connectivity index (χ3v) is 3.65. The number of benzene rings is 1. The van der Waals surface area contributed by atoms with Gasteiger partial charge in [0, 0.05) is 10.4 Å². The molecule has 0 saturated carbocycles. The molecule has 15 heavy (non-hydrogen) atoms. The topological polar surface area (TPSA) is 26.3 Å². The van der Waals surface area contributed by atoms with Gasteiger partial charge in [-0.15, -0.1) is 11.6 Å². The minimum atomic E-state index is -0.307. The number of halogens is 3. The fourth-order valence-electron chi connectivity index (χ4n) is 1.14. The molecule has 82 valence electrons. The van der Waals surface area contributed by atoms with Crippen LogP contribution in [0.4, 0.5) is 0 Å². The van der Waals surface area contributed by atoms with Gasteiger partial charge < -0.3 is 4.74 Å². The summed E-state index contributed by atoms with van der Waals surface area (Å²) in [6, 6.07) is 3.60. The van der Waals surface area contributed by atoms with E-state index >= 15 is 0 Å². The summed E-state index contributed by atoms with van der Waals surface area (Å²) >= 11 is 15.0. The van der Waals surface area contributed by atoms with E-state index in [-0.39, 0.29) is 12.4 Å². The van der Waals surface area contributed by atoms with E-state index in [9.17, 15) is 4.79 Å². The maximum absolute atomic E-state index is 11.1. The van der Waals surface area contributed by atoms with Gasteiger partial charge in [0.15, 0.2) is 0 Å². The molecule has 0 saturated heterocycles. The van der Waals surface area contributed by atoms with Crippen molar-refractivity contribution in [2.75, 3.05) is 7.11 Å². The lowest BCUT2D eigenvalue weighted by atomic mass is 10.1. The van der Waals surface area contributed by atoms with Gasteiger partial charge >= 0.3 is 5.97 Å². The summed E-state index contributed by atoms with van der Waals surface area (Å²) in [5.41, 5.74) is 1.66. The molecular formula is C10H9BrCl2O2. The Kier molecular flexibility index (Phi) is 4.90. The van der Waals surface area contributed by atoms with Gasteiger partial charge in [-0.25, -0.2) is 0 Å². The number of carbonyl (C=O) groups excluding carboxylic acids is 1. The van der Waals surface area contributed by atoms with E-state index in [0.717, 1.165) is 11.1 Å². The van der Waals surface area contributed by atoms with E-state index in [1.807, 2.05) is 6.07 Å². The van der Waals surface area contributed by atoms with Crippen LogP contribution >= 0.6 is 39.1 Å². The largest absolute Gasteiger partial charge is 0.469 e. The lowest BCUT2D eigenvalue weighted by Gasteiger charge is -2.07. The van der Waals surface area contributed by atoms with Crippen molar-refractivity contribution in [3.63, 3.8) is 0 Å². The second-order valence-electron chi connectivity index (χ2n) is 2.94. The van der Waals surface area contributed by atoms with Crippen molar-refractivity contribution in [3.8, 4) is 0 Å². The van der Waals surface area contributed by atoms with Crippen molar-refractivity contribution in [1.29, 1.82) is 0 Å². The summed E-state index contributed by atoms with van der Waals surface area (Å²) in [6.07, 6.45) is 0.182. The average Bonchev–Trinajstić information content (AvgIpc) is 2.24.